The summed E-state index contributed by atoms with van der Waals surface area (Å²) in [6.45, 7) is 8.37. The first kappa shape index (κ1) is 16.1. The third-order valence-corrected chi connectivity index (χ3v) is 3.79. The maximum absolute atomic E-state index is 9.60. The van der Waals surface area contributed by atoms with Crippen LogP contribution in [0.15, 0.2) is 54.8 Å². The number of aryl methyl sites for hydroxylation is 2. The smallest absolute Gasteiger partial charge is 0.116 e. The van der Waals surface area contributed by atoms with Gasteiger partial charge in [-0.25, -0.2) is 0 Å². The van der Waals surface area contributed by atoms with Crippen LogP contribution >= 0.6 is 0 Å². The highest BCUT2D eigenvalue weighted by Crippen LogP contribution is 2.23. The molecule has 3 heteroatoms. The number of ether oxygens (including phenoxy) is 1. The van der Waals surface area contributed by atoms with Crippen LogP contribution in [-0.4, -0.2) is 11.1 Å². The minimum Gasteiger partial charge on any atom is -0.508 e. The number of rotatable bonds is 6. The van der Waals surface area contributed by atoms with Gasteiger partial charge in [0.2, 0.25) is 0 Å². The zero-order valence-corrected chi connectivity index (χ0v) is 13.2. The summed E-state index contributed by atoms with van der Waals surface area (Å²) in [7, 11) is 0. The summed E-state index contributed by atoms with van der Waals surface area (Å²) in [5.74, 6) is 0.863. The highest BCUT2D eigenvalue weighted by atomic mass is 16.5. The second kappa shape index (κ2) is 7.14. The topological polar surface area (TPSA) is 55.5 Å². The van der Waals surface area contributed by atoms with Crippen molar-refractivity contribution in [1.29, 1.82) is 0 Å². The Morgan fingerprint density at radius 1 is 1.18 bits per heavy atom. The fourth-order valence-corrected chi connectivity index (χ4v) is 2.48. The van der Waals surface area contributed by atoms with Crippen molar-refractivity contribution in [2.45, 2.75) is 32.9 Å². The van der Waals surface area contributed by atoms with Gasteiger partial charge >= 0.3 is 0 Å². The molecule has 0 saturated carbocycles. The Morgan fingerprint density at radius 2 is 1.77 bits per heavy atom. The quantitative estimate of drug-likeness (QED) is 0.801. The van der Waals surface area contributed by atoms with E-state index in [1.165, 1.54) is 0 Å². The molecular formula is C19H23NO2. The maximum atomic E-state index is 9.60. The predicted molar refractivity (Wildman–Crippen MR) is 89.6 cm³/mol. The first-order valence-corrected chi connectivity index (χ1v) is 7.37. The Morgan fingerprint density at radius 3 is 2.36 bits per heavy atom. The number of aromatic hydroxyl groups is 1. The van der Waals surface area contributed by atoms with Gasteiger partial charge in [0.15, 0.2) is 0 Å². The molecule has 0 bridgehead atoms. The highest BCUT2D eigenvalue weighted by molar-refractivity contribution is 5.41. The molecule has 2 aromatic rings. The number of nitrogens with two attached hydrogens (primary N) is 1. The van der Waals surface area contributed by atoms with Crippen LogP contribution in [0.4, 0.5) is 0 Å². The molecule has 0 fully saturated rings. The lowest BCUT2D eigenvalue weighted by Gasteiger charge is -2.19. The number of phenolic OH excluding ortho intramolecular Hbond substituents is 1. The summed E-state index contributed by atoms with van der Waals surface area (Å²) in [4.78, 5) is 0. The number of hydrogen-bond acceptors (Lipinski definition) is 3. The predicted octanol–water partition coefficient (Wildman–Crippen LogP) is 3.61. The van der Waals surface area contributed by atoms with Crippen molar-refractivity contribution in [2.24, 2.45) is 5.73 Å². The number of hydrogen-bond donors (Lipinski definition) is 2. The van der Waals surface area contributed by atoms with Gasteiger partial charge in [0.05, 0.1) is 6.04 Å². The van der Waals surface area contributed by atoms with Crippen LogP contribution in [0.5, 0.6) is 5.75 Å². The van der Waals surface area contributed by atoms with Gasteiger partial charge in [0.1, 0.15) is 18.1 Å². The van der Waals surface area contributed by atoms with E-state index >= 15 is 0 Å². The summed E-state index contributed by atoms with van der Waals surface area (Å²) in [6, 6.07) is 13.2. The first-order valence-electron chi connectivity index (χ1n) is 7.37. The van der Waals surface area contributed by atoms with Crippen molar-refractivity contribution >= 4 is 0 Å². The normalized spacial score (nSPS) is 12.0. The highest BCUT2D eigenvalue weighted by Gasteiger charge is 2.14. The summed E-state index contributed by atoms with van der Waals surface area (Å²) in [5.41, 5.74) is 10.5. The molecule has 2 rings (SSSR count). The third-order valence-electron chi connectivity index (χ3n) is 3.79. The summed E-state index contributed by atoms with van der Waals surface area (Å²) in [6.07, 6.45) is 0.644. The van der Waals surface area contributed by atoms with Crippen LogP contribution < -0.4 is 5.73 Å². The van der Waals surface area contributed by atoms with Crippen LogP contribution in [0.3, 0.4) is 0 Å². The van der Waals surface area contributed by atoms with E-state index < -0.39 is 0 Å². The minimum atomic E-state index is -0.273. The van der Waals surface area contributed by atoms with Crippen LogP contribution in [0.25, 0.3) is 0 Å². The van der Waals surface area contributed by atoms with Gasteiger partial charge in [0.25, 0.3) is 0 Å². The molecule has 0 aliphatic carbocycles. The maximum Gasteiger partial charge on any atom is 0.116 e. The molecule has 0 heterocycles. The molecule has 0 amide bonds. The largest absolute Gasteiger partial charge is 0.508 e. The minimum absolute atomic E-state index is 0.273. The van der Waals surface area contributed by atoms with Crippen molar-refractivity contribution in [1.82, 2.24) is 0 Å². The molecule has 22 heavy (non-hydrogen) atoms. The lowest BCUT2D eigenvalue weighted by Crippen LogP contribution is -2.27. The summed E-state index contributed by atoms with van der Waals surface area (Å²) >= 11 is 0. The summed E-state index contributed by atoms with van der Waals surface area (Å²) in [5, 5.41) is 9.60. The van der Waals surface area contributed by atoms with E-state index in [9.17, 15) is 5.11 Å². The Kier molecular flexibility index (Phi) is 5.23. The monoisotopic (exact) mass is 297 g/mol. The lowest BCUT2D eigenvalue weighted by molar-refractivity contribution is 0.181. The van der Waals surface area contributed by atoms with Gasteiger partial charge in [-0.05, 0) is 54.7 Å². The van der Waals surface area contributed by atoms with Gasteiger partial charge in [-0.3, -0.25) is 0 Å². The molecule has 0 radical (unpaired) electrons. The molecule has 0 spiro atoms. The van der Waals surface area contributed by atoms with Crippen LogP contribution in [-0.2, 0) is 17.8 Å². The Labute approximate surface area is 132 Å². The van der Waals surface area contributed by atoms with Crippen LogP contribution in [0.2, 0.25) is 0 Å². The van der Waals surface area contributed by atoms with E-state index in [1.54, 1.807) is 12.1 Å². The Hall–Kier alpha value is -2.26. The molecule has 0 aromatic heterocycles. The van der Waals surface area contributed by atoms with Gasteiger partial charge in [0, 0.05) is 0 Å². The molecular weight excluding hydrogens is 274 g/mol. The van der Waals surface area contributed by atoms with Crippen molar-refractivity contribution < 1.29 is 9.84 Å². The molecule has 3 N–H and O–H groups in total. The summed E-state index contributed by atoms with van der Waals surface area (Å²) < 4.78 is 5.70. The Bertz CT molecular complexity index is 627. The van der Waals surface area contributed by atoms with Crippen molar-refractivity contribution in [3.8, 4) is 5.75 Å². The first-order chi connectivity index (χ1) is 10.5. The third kappa shape index (κ3) is 4.12. The van der Waals surface area contributed by atoms with E-state index in [0.717, 1.165) is 22.3 Å². The van der Waals surface area contributed by atoms with E-state index in [4.69, 9.17) is 10.5 Å². The fourth-order valence-electron chi connectivity index (χ4n) is 2.48. The zero-order valence-electron chi connectivity index (χ0n) is 13.2. The van der Waals surface area contributed by atoms with Crippen LogP contribution in [0, 0.1) is 13.8 Å². The standard InChI is InChI=1S/C19H23NO2/c1-13-9-17(21)10-14(2)18(13)11-19(20)15(3)22-12-16-7-5-4-6-8-16/h4-10,19,21H,3,11-12,20H2,1-2H3/t19-/m0/s1. The zero-order chi connectivity index (χ0) is 16.1. The molecule has 0 aliphatic heterocycles. The molecule has 0 saturated heterocycles. The molecule has 1 atom stereocenters. The Balaban J connectivity index is 1.97. The molecule has 2 aromatic carbocycles. The average molecular weight is 297 g/mol. The molecule has 116 valence electrons. The van der Waals surface area contributed by atoms with Crippen molar-refractivity contribution in [2.75, 3.05) is 0 Å². The van der Waals surface area contributed by atoms with Crippen molar-refractivity contribution in [3.05, 3.63) is 77.1 Å². The SMILES string of the molecule is C=C(OCc1ccccc1)[C@@H](N)Cc1c(C)cc(O)cc1C. The number of benzene rings is 2. The number of phenols is 1. The average Bonchev–Trinajstić information content (AvgIpc) is 2.49. The lowest BCUT2D eigenvalue weighted by atomic mass is 9.96. The fraction of sp³-hybridized carbons (Fsp3) is 0.263. The molecule has 0 aliphatic rings. The second-order valence-electron chi connectivity index (χ2n) is 5.61. The van der Waals surface area contributed by atoms with E-state index in [0.29, 0.717) is 18.8 Å². The van der Waals surface area contributed by atoms with Gasteiger partial charge in [-0.15, -0.1) is 0 Å². The van der Waals surface area contributed by atoms with Gasteiger partial charge < -0.3 is 15.6 Å². The van der Waals surface area contributed by atoms with Gasteiger partial charge in [-0.2, -0.15) is 0 Å². The van der Waals surface area contributed by atoms with E-state index in [-0.39, 0.29) is 11.8 Å². The van der Waals surface area contributed by atoms with E-state index in [2.05, 4.69) is 6.58 Å². The second-order valence-corrected chi connectivity index (χ2v) is 5.61. The van der Waals surface area contributed by atoms with Gasteiger partial charge in [-0.1, -0.05) is 36.9 Å². The van der Waals surface area contributed by atoms with E-state index in [1.807, 2.05) is 44.2 Å². The van der Waals surface area contributed by atoms with Crippen LogP contribution in [0.1, 0.15) is 22.3 Å². The van der Waals surface area contributed by atoms with Crippen molar-refractivity contribution in [3.63, 3.8) is 0 Å². The molecule has 3 nitrogen and oxygen atoms in total. The molecule has 0 unspecified atom stereocenters.